The number of hydrogen-bond acceptors (Lipinski definition) is 2. The summed E-state index contributed by atoms with van der Waals surface area (Å²) in [5.41, 5.74) is 0. The Morgan fingerprint density at radius 2 is 2.27 bits per heavy atom. The zero-order chi connectivity index (χ0) is 7.84. The average Bonchev–Trinajstić information content (AvgIpc) is 2.32. The SMILES string of the molecule is CC1CCC2C(=O)OCC2C1. The van der Waals surface area contributed by atoms with Gasteiger partial charge in [-0.15, -0.1) is 0 Å². The van der Waals surface area contributed by atoms with Crippen LogP contribution in [0, 0.1) is 17.8 Å². The summed E-state index contributed by atoms with van der Waals surface area (Å²) < 4.78 is 5.01. The molecule has 1 saturated carbocycles. The zero-order valence-electron chi connectivity index (χ0n) is 6.88. The van der Waals surface area contributed by atoms with Crippen molar-refractivity contribution in [1.29, 1.82) is 0 Å². The summed E-state index contributed by atoms with van der Waals surface area (Å²) >= 11 is 0. The Morgan fingerprint density at radius 1 is 1.45 bits per heavy atom. The molecule has 0 spiro atoms. The molecule has 2 fully saturated rings. The lowest BCUT2D eigenvalue weighted by Gasteiger charge is -2.25. The minimum absolute atomic E-state index is 0.0573. The van der Waals surface area contributed by atoms with Crippen molar-refractivity contribution in [3.63, 3.8) is 0 Å². The van der Waals surface area contributed by atoms with Crippen molar-refractivity contribution in [2.45, 2.75) is 26.2 Å². The summed E-state index contributed by atoms with van der Waals surface area (Å²) in [6.45, 7) is 2.95. The molecule has 1 aliphatic heterocycles. The number of fused-ring (bicyclic) bond motifs is 1. The minimum Gasteiger partial charge on any atom is -0.465 e. The number of rotatable bonds is 0. The third kappa shape index (κ3) is 1.15. The maximum absolute atomic E-state index is 11.1. The molecule has 1 heterocycles. The summed E-state index contributed by atoms with van der Waals surface area (Å²) in [6.07, 6.45) is 3.46. The Morgan fingerprint density at radius 3 is 3.09 bits per heavy atom. The van der Waals surface area contributed by atoms with Crippen LogP contribution >= 0.6 is 0 Å². The topological polar surface area (TPSA) is 26.3 Å². The maximum atomic E-state index is 11.1. The summed E-state index contributed by atoms with van der Waals surface area (Å²) in [5, 5.41) is 0. The predicted molar refractivity (Wildman–Crippen MR) is 41.0 cm³/mol. The standard InChI is InChI=1S/C9H14O2/c1-6-2-3-8-7(4-6)5-11-9(8)10/h6-8H,2-5H2,1H3. The highest BCUT2D eigenvalue weighted by Gasteiger charge is 2.39. The lowest BCUT2D eigenvalue weighted by molar-refractivity contribution is -0.141. The van der Waals surface area contributed by atoms with Gasteiger partial charge in [-0.1, -0.05) is 6.92 Å². The van der Waals surface area contributed by atoms with Crippen LogP contribution in [0.4, 0.5) is 0 Å². The van der Waals surface area contributed by atoms with E-state index in [1.54, 1.807) is 0 Å². The van der Waals surface area contributed by atoms with Gasteiger partial charge in [0.1, 0.15) is 0 Å². The molecule has 0 amide bonds. The van der Waals surface area contributed by atoms with Gasteiger partial charge in [-0.25, -0.2) is 0 Å². The Bertz CT molecular complexity index is 176. The molecular formula is C9H14O2. The minimum atomic E-state index is 0.0573. The van der Waals surface area contributed by atoms with E-state index in [4.69, 9.17) is 4.74 Å². The molecule has 0 aromatic rings. The van der Waals surface area contributed by atoms with Gasteiger partial charge in [-0.3, -0.25) is 4.79 Å². The highest BCUT2D eigenvalue weighted by Crippen LogP contribution is 2.38. The van der Waals surface area contributed by atoms with Crippen LogP contribution in [0.3, 0.4) is 0 Å². The van der Waals surface area contributed by atoms with Crippen molar-refractivity contribution in [3.05, 3.63) is 0 Å². The molecule has 2 aliphatic rings. The second-order valence-corrected chi connectivity index (χ2v) is 3.91. The molecule has 1 saturated heterocycles. The van der Waals surface area contributed by atoms with Crippen LogP contribution in [0.25, 0.3) is 0 Å². The van der Waals surface area contributed by atoms with Gasteiger partial charge in [-0.05, 0) is 25.2 Å². The number of hydrogen-bond donors (Lipinski definition) is 0. The summed E-state index contributed by atoms with van der Waals surface area (Å²) in [7, 11) is 0. The number of carbonyl (C=O) groups is 1. The molecule has 3 unspecified atom stereocenters. The molecule has 11 heavy (non-hydrogen) atoms. The van der Waals surface area contributed by atoms with Gasteiger partial charge in [-0.2, -0.15) is 0 Å². The molecular weight excluding hydrogens is 140 g/mol. The highest BCUT2D eigenvalue weighted by atomic mass is 16.5. The Labute approximate surface area is 66.9 Å². The van der Waals surface area contributed by atoms with E-state index >= 15 is 0 Å². The van der Waals surface area contributed by atoms with E-state index in [2.05, 4.69) is 6.92 Å². The number of esters is 1. The second-order valence-electron chi connectivity index (χ2n) is 3.91. The van der Waals surface area contributed by atoms with E-state index in [0.29, 0.717) is 12.5 Å². The first-order valence-corrected chi connectivity index (χ1v) is 4.44. The van der Waals surface area contributed by atoms with Crippen LogP contribution < -0.4 is 0 Å². The molecule has 0 N–H and O–H groups in total. The Hall–Kier alpha value is -0.530. The molecule has 0 aromatic carbocycles. The molecule has 2 rings (SSSR count). The van der Waals surface area contributed by atoms with Gasteiger partial charge in [0.05, 0.1) is 12.5 Å². The third-order valence-electron chi connectivity index (χ3n) is 2.99. The van der Waals surface area contributed by atoms with Gasteiger partial charge in [0.15, 0.2) is 0 Å². The van der Waals surface area contributed by atoms with Crippen molar-refractivity contribution in [2.75, 3.05) is 6.61 Å². The monoisotopic (exact) mass is 154 g/mol. The average molecular weight is 154 g/mol. The van der Waals surface area contributed by atoms with Crippen molar-refractivity contribution < 1.29 is 9.53 Å². The lowest BCUT2D eigenvalue weighted by atomic mass is 9.76. The van der Waals surface area contributed by atoms with Crippen LogP contribution in [0.5, 0.6) is 0 Å². The molecule has 0 radical (unpaired) electrons. The first-order chi connectivity index (χ1) is 5.27. The molecule has 3 atom stereocenters. The summed E-state index contributed by atoms with van der Waals surface area (Å²) in [5.74, 6) is 1.66. The number of carbonyl (C=O) groups excluding carboxylic acids is 1. The lowest BCUT2D eigenvalue weighted by Crippen LogP contribution is -2.23. The van der Waals surface area contributed by atoms with Gasteiger partial charge in [0.25, 0.3) is 0 Å². The fraction of sp³-hybridized carbons (Fsp3) is 0.889. The predicted octanol–water partition coefficient (Wildman–Crippen LogP) is 1.60. The molecule has 62 valence electrons. The quantitative estimate of drug-likeness (QED) is 0.495. The van der Waals surface area contributed by atoms with E-state index in [0.717, 1.165) is 12.3 Å². The van der Waals surface area contributed by atoms with Crippen LogP contribution in [0.2, 0.25) is 0 Å². The van der Waals surface area contributed by atoms with Crippen LogP contribution in [-0.4, -0.2) is 12.6 Å². The number of ether oxygens (including phenoxy) is 1. The van der Waals surface area contributed by atoms with Crippen molar-refractivity contribution in [1.82, 2.24) is 0 Å². The van der Waals surface area contributed by atoms with E-state index in [9.17, 15) is 4.79 Å². The van der Waals surface area contributed by atoms with E-state index in [1.165, 1.54) is 12.8 Å². The Kier molecular flexibility index (Phi) is 1.63. The first kappa shape index (κ1) is 7.14. The molecule has 0 aromatic heterocycles. The van der Waals surface area contributed by atoms with Crippen molar-refractivity contribution >= 4 is 5.97 Å². The molecule has 0 bridgehead atoms. The number of cyclic esters (lactones) is 1. The van der Waals surface area contributed by atoms with Crippen LogP contribution in [0.15, 0.2) is 0 Å². The van der Waals surface area contributed by atoms with Gasteiger partial charge in [0.2, 0.25) is 0 Å². The summed E-state index contributed by atoms with van der Waals surface area (Å²) in [4.78, 5) is 11.1. The highest BCUT2D eigenvalue weighted by molar-refractivity contribution is 5.74. The van der Waals surface area contributed by atoms with Crippen molar-refractivity contribution in [3.8, 4) is 0 Å². The van der Waals surface area contributed by atoms with E-state index in [1.807, 2.05) is 0 Å². The maximum Gasteiger partial charge on any atom is 0.309 e. The normalized spacial score (nSPS) is 43.4. The third-order valence-corrected chi connectivity index (χ3v) is 2.99. The first-order valence-electron chi connectivity index (χ1n) is 4.44. The fourth-order valence-corrected chi connectivity index (χ4v) is 2.29. The van der Waals surface area contributed by atoms with E-state index in [-0.39, 0.29) is 11.9 Å². The molecule has 2 heteroatoms. The largest absolute Gasteiger partial charge is 0.465 e. The smallest absolute Gasteiger partial charge is 0.309 e. The van der Waals surface area contributed by atoms with Crippen LogP contribution in [0.1, 0.15) is 26.2 Å². The zero-order valence-corrected chi connectivity index (χ0v) is 6.88. The van der Waals surface area contributed by atoms with Crippen LogP contribution in [-0.2, 0) is 9.53 Å². The van der Waals surface area contributed by atoms with Crippen molar-refractivity contribution in [2.24, 2.45) is 17.8 Å². The van der Waals surface area contributed by atoms with E-state index < -0.39 is 0 Å². The fourth-order valence-electron chi connectivity index (χ4n) is 2.29. The second kappa shape index (κ2) is 2.50. The Balaban J connectivity index is 2.06. The van der Waals surface area contributed by atoms with Gasteiger partial charge < -0.3 is 4.74 Å². The molecule has 2 nitrogen and oxygen atoms in total. The summed E-state index contributed by atoms with van der Waals surface area (Å²) in [6, 6.07) is 0. The van der Waals surface area contributed by atoms with Gasteiger partial charge in [0, 0.05) is 5.92 Å². The van der Waals surface area contributed by atoms with Gasteiger partial charge >= 0.3 is 5.97 Å². The molecule has 1 aliphatic carbocycles.